The van der Waals surface area contributed by atoms with Gasteiger partial charge in [0, 0.05) is 13.1 Å². The van der Waals surface area contributed by atoms with Crippen molar-refractivity contribution in [2.75, 3.05) is 19.6 Å². The Balaban J connectivity index is 2.27. The van der Waals surface area contributed by atoms with Crippen LogP contribution in [0.3, 0.4) is 0 Å². The standard InChI is InChI=1S/C9H16F3NO/c1-7-2-4-13(6-8(7)14)5-3-9(10,11)12/h7-8,14H,2-6H2,1H3. The van der Waals surface area contributed by atoms with Gasteiger partial charge in [0.05, 0.1) is 12.5 Å². The maximum Gasteiger partial charge on any atom is 0.390 e. The molecular weight excluding hydrogens is 195 g/mol. The van der Waals surface area contributed by atoms with E-state index in [0.717, 1.165) is 6.42 Å². The lowest BCUT2D eigenvalue weighted by atomic mass is 9.96. The third-order valence-electron chi connectivity index (χ3n) is 2.71. The first-order chi connectivity index (χ1) is 6.38. The predicted molar refractivity (Wildman–Crippen MR) is 46.9 cm³/mol. The summed E-state index contributed by atoms with van der Waals surface area (Å²) in [6.07, 6.45) is -4.57. The Morgan fingerprint density at radius 3 is 2.57 bits per heavy atom. The third kappa shape index (κ3) is 3.84. The van der Waals surface area contributed by atoms with Crippen molar-refractivity contribution in [3.63, 3.8) is 0 Å². The number of piperidine rings is 1. The van der Waals surface area contributed by atoms with Crippen LogP contribution in [0.5, 0.6) is 0 Å². The van der Waals surface area contributed by atoms with Crippen LogP contribution >= 0.6 is 0 Å². The monoisotopic (exact) mass is 211 g/mol. The zero-order valence-electron chi connectivity index (χ0n) is 8.22. The van der Waals surface area contributed by atoms with Gasteiger partial charge in [-0.05, 0) is 18.9 Å². The lowest BCUT2D eigenvalue weighted by molar-refractivity contribution is -0.140. The van der Waals surface area contributed by atoms with Crippen LogP contribution < -0.4 is 0 Å². The first-order valence-electron chi connectivity index (χ1n) is 4.85. The summed E-state index contributed by atoms with van der Waals surface area (Å²) in [4.78, 5) is 1.68. The quantitative estimate of drug-likeness (QED) is 0.750. The van der Waals surface area contributed by atoms with Crippen molar-refractivity contribution in [2.24, 2.45) is 5.92 Å². The van der Waals surface area contributed by atoms with Crippen LogP contribution in [0.15, 0.2) is 0 Å². The Labute approximate surface area is 81.7 Å². The fraction of sp³-hybridized carbons (Fsp3) is 1.00. The summed E-state index contributed by atoms with van der Waals surface area (Å²) < 4.78 is 35.7. The van der Waals surface area contributed by atoms with E-state index < -0.39 is 18.7 Å². The molecule has 2 atom stereocenters. The van der Waals surface area contributed by atoms with Gasteiger partial charge in [-0.2, -0.15) is 13.2 Å². The highest BCUT2D eigenvalue weighted by Crippen LogP contribution is 2.22. The molecule has 1 saturated heterocycles. The first kappa shape index (κ1) is 11.8. The number of halogens is 3. The normalized spacial score (nSPS) is 30.6. The van der Waals surface area contributed by atoms with Gasteiger partial charge in [-0.15, -0.1) is 0 Å². The molecule has 2 nitrogen and oxygen atoms in total. The minimum Gasteiger partial charge on any atom is -0.392 e. The molecule has 1 fully saturated rings. The van der Waals surface area contributed by atoms with Crippen molar-refractivity contribution in [3.05, 3.63) is 0 Å². The van der Waals surface area contributed by atoms with Crippen molar-refractivity contribution in [1.82, 2.24) is 4.90 Å². The van der Waals surface area contributed by atoms with Crippen molar-refractivity contribution < 1.29 is 18.3 Å². The topological polar surface area (TPSA) is 23.5 Å². The van der Waals surface area contributed by atoms with E-state index in [4.69, 9.17) is 0 Å². The van der Waals surface area contributed by atoms with E-state index in [-0.39, 0.29) is 12.5 Å². The van der Waals surface area contributed by atoms with Gasteiger partial charge >= 0.3 is 6.18 Å². The minimum absolute atomic E-state index is 0.00722. The second-order valence-corrected chi connectivity index (χ2v) is 4.00. The third-order valence-corrected chi connectivity index (χ3v) is 2.71. The van der Waals surface area contributed by atoms with Crippen LogP contribution in [0.2, 0.25) is 0 Å². The molecule has 0 radical (unpaired) electrons. The molecule has 0 saturated carbocycles. The van der Waals surface area contributed by atoms with Gasteiger partial charge < -0.3 is 10.0 Å². The van der Waals surface area contributed by atoms with Gasteiger partial charge in [-0.1, -0.05) is 6.92 Å². The van der Waals surface area contributed by atoms with Gasteiger partial charge in [0.2, 0.25) is 0 Å². The molecule has 0 aromatic heterocycles. The van der Waals surface area contributed by atoms with Gasteiger partial charge in [-0.25, -0.2) is 0 Å². The number of aliphatic hydroxyl groups is 1. The van der Waals surface area contributed by atoms with Crippen LogP contribution in [0.1, 0.15) is 19.8 Å². The first-order valence-corrected chi connectivity index (χ1v) is 4.85. The molecule has 0 aliphatic carbocycles. The number of alkyl halides is 3. The van der Waals surface area contributed by atoms with Crippen molar-refractivity contribution >= 4 is 0 Å². The predicted octanol–water partition coefficient (Wildman–Crippen LogP) is 1.64. The number of likely N-dealkylation sites (tertiary alicyclic amines) is 1. The van der Waals surface area contributed by atoms with Crippen LogP contribution in [0.25, 0.3) is 0 Å². The molecule has 1 rings (SSSR count). The zero-order chi connectivity index (χ0) is 10.8. The zero-order valence-corrected chi connectivity index (χ0v) is 8.22. The summed E-state index contributed by atoms with van der Waals surface area (Å²) in [5, 5.41) is 9.45. The summed E-state index contributed by atoms with van der Waals surface area (Å²) in [6, 6.07) is 0. The fourth-order valence-electron chi connectivity index (χ4n) is 1.60. The fourth-order valence-corrected chi connectivity index (χ4v) is 1.60. The maximum atomic E-state index is 11.9. The van der Waals surface area contributed by atoms with E-state index in [2.05, 4.69) is 0 Å². The van der Waals surface area contributed by atoms with Crippen molar-refractivity contribution in [2.45, 2.75) is 32.0 Å². The number of aliphatic hydroxyl groups excluding tert-OH is 1. The van der Waals surface area contributed by atoms with Gasteiger partial charge in [0.25, 0.3) is 0 Å². The van der Waals surface area contributed by atoms with Crippen LogP contribution in [-0.4, -0.2) is 41.9 Å². The molecule has 1 aliphatic heterocycles. The van der Waals surface area contributed by atoms with E-state index >= 15 is 0 Å². The lowest BCUT2D eigenvalue weighted by Gasteiger charge is -2.34. The van der Waals surface area contributed by atoms with Crippen molar-refractivity contribution in [1.29, 1.82) is 0 Å². The Morgan fingerprint density at radius 1 is 1.43 bits per heavy atom. The Kier molecular flexibility index (Phi) is 3.78. The number of hydrogen-bond acceptors (Lipinski definition) is 2. The number of nitrogens with zero attached hydrogens (tertiary/aromatic N) is 1. The molecule has 0 aromatic carbocycles. The van der Waals surface area contributed by atoms with E-state index in [1.165, 1.54) is 0 Å². The summed E-state index contributed by atoms with van der Waals surface area (Å²) in [5.74, 6) is 0.206. The van der Waals surface area contributed by atoms with Crippen LogP contribution in [-0.2, 0) is 0 Å². The largest absolute Gasteiger partial charge is 0.392 e. The average molecular weight is 211 g/mol. The number of hydrogen-bond donors (Lipinski definition) is 1. The maximum absolute atomic E-state index is 11.9. The number of β-amino-alcohol motifs (C(OH)–C–C–N with tert-alkyl or cyclic N) is 1. The second kappa shape index (κ2) is 4.49. The molecule has 2 unspecified atom stereocenters. The molecule has 14 heavy (non-hydrogen) atoms. The molecule has 0 spiro atoms. The van der Waals surface area contributed by atoms with Crippen LogP contribution in [0, 0.1) is 5.92 Å². The molecule has 0 amide bonds. The molecular formula is C9H16F3NO. The average Bonchev–Trinajstić information content (AvgIpc) is 2.06. The number of rotatable bonds is 2. The van der Waals surface area contributed by atoms with E-state index in [0.29, 0.717) is 13.1 Å². The Bertz CT molecular complexity index is 183. The van der Waals surface area contributed by atoms with E-state index in [1.807, 2.05) is 6.92 Å². The Hall–Kier alpha value is -0.290. The minimum atomic E-state index is -4.09. The van der Waals surface area contributed by atoms with E-state index in [1.54, 1.807) is 4.90 Å². The molecule has 1 heterocycles. The molecule has 0 aromatic rings. The van der Waals surface area contributed by atoms with Crippen LogP contribution in [0.4, 0.5) is 13.2 Å². The van der Waals surface area contributed by atoms with Crippen molar-refractivity contribution in [3.8, 4) is 0 Å². The van der Waals surface area contributed by atoms with Gasteiger partial charge in [-0.3, -0.25) is 0 Å². The second-order valence-electron chi connectivity index (χ2n) is 4.00. The molecule has 5 heteroatoms. The highest BCUT2D eigenvalue weighted by Gasteiger charge is 2.30. The lowest BCUT2D eigenvalue weighted by Crippen LogP contribution is -2.43. The SMILES string of the molecule is CC1CCN(CCC(F)(F)F)CC1O. The smallest absolute Gasteiger partial charge is 0.390 e. The summed E-state index contributed by atoms with van der Waals surface area (Å²) >= 11 is 0. The summed E-state index contributed by atoms with van der Waals surface area (Å²) in [6.45, 7) is 2.96. The highest BCUT2D eigenvalue weighted by molar-refractivity contribution is 4.77. The van der Waals surface area contributed by atoms with E-state index in [9.17, 15) is 18.3 Å². The highest BCUT2D eigenvalue weighted by atomic mass is 19.4. The Morgan fingerprint density at radius 2 is 2.07 bits per heavy atom. The van der Waals surface area contributed by atoms with Gasteiger partial charge in [0.1, 0.15) is 0 Å². The molecule has 1 aliphatic rings. The summed E-state index contributed by atoms with van der Waals surface area (Å²) in [7, 11) is 0. The summed E-state index contributed by atoms with van der Waals surface area (Å²) in [5.41, 5.74) is 0. The molecule has 84 valence electrons. The molecule has 1 N–H and O–H groups in total. The van der Waals surface area contributed by atoms with Gasteiger partial charge in [0.15, 0.2) is 0 Å². The molecule has 0 bridgehead atoms.